The Balaban J connectivity index is 1.64. The number of cyclic esters (lactones) is 1. The Kier molecular flexibility index (Phi) is 21.5. The smallest absolute Gasteiger partial charge is 0.329 e. The molecule has 4 aliphatic rings. The molecule has 3 N–H and O–H groups in total. The van der Waals surface area contributed by atoms with Crippen LogP contribution in [0.4, 0.5) is 0 Å². The average Bonchev–Trinajstić information content (AvgIpc) is 3.27. The number of hydrogen-bond acceptors (Lipinski definition) is 13. The number of methoxy groups -OCH3 is 3. The molecule has 64 heavy (non-hydrogen) atoms. The van der Waals surface area contributed by atoms with Crippen LogP contribution in [0.15, 0.2) is 11.6 Å². The topological polar surface area (TPSA) is 195 Å². The zero-order valence-corrected chi connectivity index (χ0v) is 40.5. The summed E-state index contributed by atoms with van der Waals surface area (Å²) in [5, 5.41) is 33.8. The quantitative estimate of drug-likeness (QED) is 0.149. The molecule has 3 heterocycles. The molecule has 0 aromatic heterocycles. The number of allylic oxidation sites excluding steroid dienone is 1. The van der Waals surface area contributed by atoms with Crippen molar-refractivity contribution in [1.82, 2.24) is 4.90 Å². The zero-order chi connectivity index (χ0) is 47.3. The molecule has 15 atom stereocenters. The summed E-state index contributed by atoms with van der Waals surface area (Å²) in [6.07, 6.45) is 8.25. The number of amides is 1. The van der Waals surface area contributed by atoms with Crippen LogP contribution in [-0.2, 0) is 47.7 Å². The van der Waals surface area contributed by atoms with Gasteiger partial charge in [0, 0.05) is 52.0 Å². The molecule has 2 bridgehead atoms. The molecular formula is C50H83NO13. The Morgan fingerprint density at radius 3 is 2.17 bits per heavy atom. The van der Waals surface area contributed by atoms with Crippen molar-refractivity contribution in [2.24, 2.45) is 35.5 Å². The summed E-state index contributed by atoms with van der Waals surface area (Å²) >= 11 is 0. The van der Waals surface area contributed by atoms with Crippen molar-refractivity contribution >= 4 is 29.2 Å². The number of carbonyl (C=O) groups is 5. The number of piperidine rings is 1. The third-order valence-electron chi connectivity index (χ3n) is 15.1. The van der Waals surface area contributed by atoms with Crippen LogP contribution >= 0.6 is 0 Å². The maximum atomic E-state index is 14.3. The second kappa shape index (κ2) is 25.5. The summed E-state index contributed by atoms with van der Waals surface area (Å²) in [4.78, 5) is 71.7. The number of aliphatic hydroxyl groups is 3. The van der Waals surface area contributed by atoms with Gasteiger partial charge < -0.3 is 43.9 Å². The molecular weight excluding hydrogens is 823 g/mol. The van der Waals surface area contributed by atoms with Crippen LogP contribution in [0.2, 0.25) is 0 Å². The minimum Gasteiger partial charge on any atom is -0.460 e. The van der Waals surface area contributed by atoms with E-state index in [0.29, 0.717) is 63.4 Å². The number of nitrogens with zero attached hydrogens (tertiary/aromatic N) is 1. The fraction of sp³-hybridized carbons (Fsp3) is 0.860. The molecule has 1 saturated carbocycles. The van der Waals surface area contributed by atoms with E-state index < -0.39 is 71.8 Å². The monoisotopic (exact) mass is 906 g/mol. The number of ether oxygens (including phenoxy) is 5. The predicted molar refractivity (Wildman–Crippen MR) is 241 cm³/mol. The largest absolute Gasteiger partial charge is 0.460 e. The molecule has 14 heteroatoms. The van der Waals surface area contributed by atoms with Gasteiger partial charge in [0.05, 0.1) is 24.4 Å². The Labute approximate surface area is 382 Å². The third kappa shape index (κ3) is 14.5. The van der Waals surface area contributed by atoms with Crippen LogP contribution in [0.5, 0.6) is 0 Å². The summed E-state index contributed by atoms with van der Waals surface area (Å²) < 4.78 is 29.4. The maximum absolute atomic E-state index is 14.3. The van der Waals surface area contributed by atoms with E-state index in [0.717, 1.165) is 44.9 Å². The van der Waals surface area contributed by atoms with Crippen molar-refractivity contribution in [3.63, 3.8) is 0 Å². The molecule has 1 aliphatic carbocycles. The molecule has 4 rings (SSSR count). The van der Waals surface area contributed by atoms with Gasteiger partial charge in [-0.25, -0.2) is 4.79 Å². The highest BCUT2D eigenvalue weighted by molar-refractivity contribution is 6.39. The minimum absolute atomic E-state index is 0.109. The predicted octanol–water partition coefficient (Wildman–Crippen LogP) is 6.46. The summed E-state index contributed by atoms with van der Waals surface area (Å²) in [6.45, 7) is 11.1. The first kappa shape index (κ1) is 54.0. The normalized spacial score (nSPS) is 39.6. The first-order valence-corrected chi connectivity index (χ1v) is 24.5. The number of carbonyl (C=O) groups excluding carboxylic acids is 5. The van der Waals surface area contributed by atoms with Gasteiger partial charge in [-0.3, -0.25) is 19.2 Å². The van der Waals surface area contributed by atoms with E-state index in [1.807, 2.05) is 13.8 Å². The van der Waals surface area contributed by atoms with E-state index in [4.69, 9.17) is 23.7 Å². The molecule has 0 spiro atoms. The van der Waals surface area contributed by atoms with Crippen molar-refractivity contribution < 1.29 is 63.0 Å². The lowest BCUT2D eigenvalue weighted by Crippen LogP contribution is -2.61. The molecule has 2 saturated heterocycles. The lowest BCUT2D eigenvalue weighted by molar-refractivity contribution is -0.266. The van der Waals surface area contributed by atoms with Crippen molar-refractivity contribution in [3.05, 3.63) is 11.6 Å². The van der Waals surface area contributed by atoms with Gasteiger partial charge >= 0.3 is 5.97 Å². The standard InChI is InChI=1S/C50H83NO13/c1-30-16-12-10-11-13-17-37(60-7)28-38-21-19-35(6)50(59,64-38)47(56)48(57)51-23-15-14-18-39(51)49(58)63-42(32(3)26-36-20-22-40(52)43(27-36)61-8)29-41(53)31(2)25-34(5)45(55)46(62-9)44(54)33(4)24-30/h25,30-33,35-40,42-43,45-46,52,55,59H,10-24,26-29H2,1-9H3/b34-25-/t30-,31-,32-,33-,35-,36-,37-,38+,39+,40-,42+,43-,45-,46+,50-/m1/s1. The molecule has 366 valence electrons. The number of aliphatic hydroxyl groups excluding tert-OH is 2. The lowest BCUT2D eigenvalue weighted by Gasteiger charge is -2.42. The zero-order valence-electron chi connectivity index (χ0n) is 40.5. The van der Waals surface area contributed by atoms with Crippen LogP contribution in [0, 0.1) is 35.5 Å². The fourth-order valence-electron chi connectivity index (χ4n) is 10.7. The van der Waals surface area contributed by atoms with Gasteiger partial charge in [0.25, 0.3) is 11.7 Å². The van der Waals surface area contributed by atoms with Gasteiger partial charge in [0.1, 0.15) is 30.1 Å². The van der Waals surface area contributed by atoms with Gasteiger partial charge in [-0.1, -0.05) is 72.8 Å². The molecule has 0 aromatic rings. The van der Waals surface area contributed by atoms with E-state index in [1.165, 1.54) is 12.0 Å². The highest BCUT2D eigenvalue weighted by Crippen LogP contribution is 2.38. The number of esters is 1. The first-order valence-electron chi connectivity index (χ1n) is 24.5. The van der Waals surface area contributed by atoms with Gasteiger partial charge in [0.2, 0.25) is 5.79 Å². The van der Waals surface area contributed by atoms with Crippen LogP contribution < -0.4 is 0 Å². The van der Waals surface area contributed by atoms with Crippen molar-refractivity contribution in [2.45, 2.75) is 212 Å². The molecule has 3 fully saturated rings. The second-order valence-electron chi connectivity index (χ2n) is 20.2. The fourth-order valence-corrected chi connectivity index (χ4v) is 10.7. The Hall–Kier alpha value is -2.59. The van der Waals surface area contributed by atoms with Gasteiger partial charge in [-0.05, 0) is 107 Å². The molecule has 3 aliphatic heterocycles. The minimum atomic E-state index is -2.37. The summed E-state index contributed by atoms with van der Waals surface area (Å²) in [5.74, 6) is -7.31. The number of rotatable bonds is 6. The summed E-state index contributed by atoms with van der Waals surface area (Å²) in [5.41, 5.74) is 0.416. The van der Waals surface area contributed by atoms with Gasteiger partial charge in [0.15, 0.2) is 5.78 Å². The van der Waals surface area contributed by atoms with Crippen LogP contribution in [0.25, 0.3) is 0 Å². The van der Waals surface area contributed by atoms with Crippen molar-refractivity contribution in [1.29, 1.82) is 0 Å². The SMILES string of the molecule is CO[C@@H]1CCCCCC[C@@H](C)C[C@@H](C)C(=O)[C@H](OC)[C@H](O)/C(C)=C\[C@@H](C)C(=O)C[C@@H]([C@H](C)C[C@H]2CC[C@@H](O)[C@H](OC)C2)OC(=O)[C@@H]2CCCCN2C(=O)C(=O)[C@]2(O)O[C@@H](CC[C@H]2C)C1. The number of fused-ring (bicyclic) bond motifs is 3. The lowest BCUT2D eigenvalue weighted by atomic mass is 9.78. The Morgan fingerprint density at radius 2 is 1.50 bits per heavy atom. The van der Waals surface area contributed by atoms with E-state index in [1.54, 1.807) is 41.1 Å². The highest BCUT2D eigenvalue weighted by Gasteiger charge is 2.53. The maximum Gasteiger partial charge on any atom is 0.329 e. The van der Waals surface area contributed by atoms with E-state index in [2.05, 4.69) is 6.92 Å². The van der Waals surface area contributed by atoms with E-state index in [-0.39, 0.29) is 66.8 Å². The van der Waals surface area contributed by atoms with Crippen molar-refractivity contribution in [3.8, 4) is 0 Å². The Bertz CT molecular complexity index is 1570. The van der Waals surface area contributed by atoms with Gasteiger partial charge in [-0.15, -0.1) is 0 Å². The average molecular weight is 906 g/mol. The van der Waals surface area contributed by atoms with Crippen LogP contribution in [0.3, 0.4) is 0 Å². The molecule has 1 amide bonds. The van der Waals surface area contributed by atoms with Crippen molar-refractivity contribution in [2.75, 3.05) is 27.9 Å². The molecule has 0 radical (unpaired) electrons. The van der Waals surface area contributed by atoms with E-state index in [9.17, 15) is 39.3 Å². The van der Waals surface area contributed by atoms with E-state index >= 15 is 0 Å². The highest BCUT2D eigenvalue weighted by atomic mass is 16.6. The molecule has 0 aromatic carbocycles. The molecule has 0 unspecified atom stereocenters. The van der Waals surface area contributed by atoms with Crippen LogP contribution in [-0.4, -0.2) is 132 Å². The second-order valence-corrected chi connectivity index (χ2v) is 20.2. The number of Topliss-reactive ketones (excluding diaryl/α,β-unsaturated/α-hetero) is 3. The summed E-state index contributed by atoms with van der Waals surface area (Å²) in [7, 11) is 4.62. The molecule has 14 nitrogen and oxygen atoms in total. The number of ketones is 3. The Morgan fingerprint density at radius 1 is 0.812 bits per heavy atom. The van der Waals surface area contributed by atoms with Crippen LogP contribution in [0.1, 0.15) is 157 Å². The van der Waals surface area contributed by atoms with Gasteiger partial charge in [-0.2, -0.15) is 0 Å². The third-order valence-corrected chi connectivity index (χ3v) is 15.1. The first-order chi connectivity index (χ1) is 30.3. The number of hydrogen-bond donors (Lipinski definition) is 3. The summed E-state index contributed by atoms with van der Waals surface area (Å²) in [6, 6.07) is -1.12.